The fourth-order valence-corrected chi connectivity index (χ4v) is 1.61. The lowest BCUT2D eigenvalue weighted by Gasteiger charge is -2.24. The molecule has 0 bridgehead atoms. The molecule has 0 aliphatic heterocycles. The highest BCUT2D eigenvalue weighted by Gasteiger charge is 2.34. The maximum Gasteiger partial charge on any atom is 0.418 e. The Hall–Kier alpha value is -1.72. The van der Waals surface area contributed by atoms with Gasteiger partial charge in [-0.3, -0.25) is 4.79 Å². The fraction of sp³-hybridized carbons (Fsp3) is 0.500. The van der Waals surface area contributed by atoms with Gasteiger partial charge in [0, 0.05) is 23.8 Å². The first kappa shape index (κ1) is 16.3. The van der Waals surface area contributed by atoms with E-state index in [2.05, 4.69) is 10.6 Å². The van der Waals surface area contributed by atoms with Crippen molar-refractivity contribution >= 4 is 11.6 Å². The zero-order valence-electron chi connectivity index (χ0n) is 12.0. The summed E-state index contributed by atoms with van der Waals surface area (Å²) in [6.07, 6.45) is -3.83. The SMILES string of the molecule is CCC(C)(C)NC(=O)c1ccc(NC)c(C(F)(F)F)c1. The van der Waals surface area contributed by atoms with Crippen molar-refractivity contribution in [3.8, 4) is 0 Å². The summed E-state index contributed by atoms with van der Waals surface area (Å²) in [4.78, 5) is 12.0. The van der Waals surface area contributed by atoms with E-state index >= 15 is 0 Å². The van der Waals surface area contributed by atoms with E-state index in [4.69, 9.17) is 0 Å². The van der Waals surface area contributed by atoms with Crippen molar-refractivity contribution in [2.45, 2.75) is 38.9 Å². The van der Waals surface area contributed by atoms with Gasteiger partial charge in [-0.25, -0.2) is 0 Å². The van der Waals surface area contributed by atoms with Gasteiger partial charge in [0.2, 0.25) is 0 Å². The van der Waals surface area contributed by atoms with Crippen molar-refractivity contribution < 1.29 is 18.0 Å². The summed E-state index contributed by atoms with van der Waals surface area (Å²) in [5.41, 5.74) is -1.36. The standard InChI is InChI=1S/C14H19F3N2O/c1-5-13(2,3)19-12(20)9-6-7-11(18-4)10(8-9)14(15,16)17/h6-8,18H,5H2,1-4H3,(H,19,20). The first-order chi connectivity index (χ1) is 9.10. The van der Waals surface area contributed by atoms with Crippen molar-refractivity contribution in [2.75, 3.05) is 12.4 Å². The van der Waals surface area contributed by atoms with E-state index < -0.39 is 23.2 Å². The Morgan fingerprint density at radius 3 is 2.30 bits per heavy atom. The Balaban J connectivity index is 3.12. The van der Waals surface area contributed by atoms with Gasteiger partial charge in [-0.1, -0.05) is 6.92 Å². The van der Waals surface area contributed by atoms with Gasteiger partial charge in [-0.05, 0) is 38.5 Å². The van der Waals surface area contributed by atoms with Crippen LogP contribution in [0.5, 0.6) is 0 Å². The number of amides is 1. The molecule has 20 heavy (non-hydrogen) atoms. The van der Waals surface area contributed by atoms with Gasteiger partial charge >= 0.3 is 6.18 Å². The molecule has 0 fully saturated rings. The molecule has 2 N–H and O–H groups in total. The molecule has 0 heterocycles. The van der Waals surface area contributed by atoms with Crippen molar-refractivity contribution in [3.05, 3.63) is 29.3 Å². The number of rotatable bonds is 4. The van der Waals surface area contributed by atoms with Crippen molar-refractivity contribution in [2.24, 2.45) is 0 Å². The molecule has 1 aromatic carbocycles. The quantitative estimate of drug-likeness (QED) is 0.887. The molecule has 0 radical (unpaired) electrons. The van der Waals surface area contributed by atoms with Crippen LogP contribution >= 0.6 is 0 Å². The number of alkyl halides is 3. The van der Waals surface area contributed by atoms with Gasteiger partial charge in [-0.15, -0.1) is 0 Å². The minimum atomic E-state index is -4.51. The highest BCUT2D eigenvalue weighted by molar-refractivity contribution is 5.95. The molecule has 6 heteroatoms. The second-order valence-electron chi connectivity index (χ2n) is 5.20. The molecule has 0 spiro atoms. The highest BCUT2D eigenvalue weighted by Crippen LogP contribution is 2.35. The van der Waals surface area contributed by atoms with Crippen LogP contribution in [0.2, 0.25) is 0 Å². The molecule has 0 aromatic heterocycles. The monoisotopic (exact) mass is 288 g/mol. The normalized spacial score (nSPS) is 12.2. The smallest absolute Gasteiger partial charge is 0.388 e. The number of hydrogen-bond acceptors (Lipinski definition) is 2. The zero-order chi connectivity index (χ0) is 15.6. The third kappa shape index (κ3) is 3.88. The molecule has 1 aromatic rings. The lowest BCUT2D eigenvalue weighted by Crippen LogP contribution is -2.42. The van der Waals surface area contributed by atoms with E-state index in [1.165, 1.54) is 19.2 Å². The van der Waals surface area contributed by atoms with E-state index in [1.807, 2.05) is 20.8 Å². The second kappa shape index (κ2) is 5.73. The van der Waals surface area contributed by atoms with Crippen molar-refractivity contribution in [1.29, 1.82) is 0 Å². The molecule has 3 nitrogen and oxygen atoms in total. The molecule has 0 unspecified atom stereocenters. The summed E-state index contributed by atoms with van der Waals surface area (Å²) < 4.78 is 38.7. The van der Waals surface area contributed by atoms with Crippen LogP contribution in [0, 0.1) is 0 Å². The first-order valence-electron chi connectivity index (χ1n) is 6.32. The number of benzene rings is 1. The molecule has 0 atom stereocenters. The van der Waals surface area contributed by atoms with E-state index in [-0.39, 0.29) is 11.3 Å². The lowest BCUT2D eigenvalue weighted by atomic mass is 10.0. The van der Waals surface area contributed by atoms with Gasteiger partial charge < -0.3 is 10.6 Å². The van der Waals surface area contributed by atoms with Crippen LogP contribution in [0.15, 0.2) is 18.2 Å². The largest absolute Gasteiger partial charge is 0.418 e. The number of halogens is 3. The van der Waals surface area contributed by atoms with Gasteiger partial charge in [0.05, 0.1) is 5.56 Å². The first-order valence-corrected chi connectivity index (χ1v) is 6.32. The average Bonchev–Trinajstić information content (AvgIpc) is 2.36. The summed E-state index contributed by atoms with van der Waals surface area (Å²) >= 11 is 0. The molecular formula is C14H19F3N2O. The van der Waals surface area contributed by atoms with E-state index in [0.29, 0.717) is 6.42 Å². The summed E-state index contributed by atoms with van der Waals surface area (Å²) in [6, 6.07) is 3.51. The predicted octanol–water partition coefficient (Wildman–Crippen LogP) is 3.67. The van der Waals surface area contributed by atoms with Gasteiger partial charge in [-0.2, -0.15) is 13.2 Å². The topological polar surface area (TPSA) is 41.1 Å². The highest BCUT2D eigenvalue weighted by atomic mass is 19.4. The van der Waals surface area contributed by atoms with Crippen LogP contribution in [0.3, 0.4) is 0 Å². The summed E-state index contributed by atoms with van der Waals surface area (Å²) in [6.45, 7) is 5.53. The number of carbonyl (C=O) groups excluding carboxylic acids is 1. The number of nitrogens with one attached hydrogen (secondary N) is 2. The predicted molar refractivity (Wildman–Crippen MR) is 72.8 cm³/mol. The molecule has 1 rings (SSSR count). The Labute approximate surface area is 116 Å². The average molecular weight is 288 g/mol. The van der Waals surface area contributed by atoms with E-state index in [9.17, 15) is 18.0 Å². The minimum Gasteiger partial charge on any atom is -0.388 e. The Kier molecular flexibility index (Phi) is 4.68. The Morgan fingerprint density at radius 2 is 1.85 bits per heavy atom. The summed E-state index contributed by atoms with van der Waals surface area (Å²) in [7, 11) is 1.41. The summed E-state index contributed by atoms with van der Waals surface area (Å²) in [5, 5.41) is 5.19. The van der Waals surface area contributed by atoms with Gasteiger partial charge in [0.15, 0.2) is 0 Å². The van der Waals surface area contributed by atoms with Gasteiger partial charge in [0.25, 0.3) is 5.91 Å². The lowest BCUT2D eigenvalue weighted by molar-refractivity contribution is -0.136. The number of anilines is 1. The third-order valence-corrected chi connectivity index (χ3v) is 3.19. The molecule has 112 valence electrons. The molecular weight excluding hydrogens is 269 g/mol. The number of carbonyl (C=O) groups is 1. The van der Waals surface area contributed by atoms with Crippen LogP contribution < -0.4 is 10.6 Å². The summed E-state index contributed by atoms with van der Waals surface area (Å²) in [5.74, 6) is -0.509. The molecule has 0 aliphatic carbocycles. The van der Waals surface area contributed by atoms with Crippen molar-refractivity contribution in [1.82, 2.24) is 5.32 Å². The van der Waals surface area contributed by atoms with Crippen molar-refractivity contribution in [3.63, 3.8) is 0 Å². The zero-order valence-corrected chi connectivity index (χ0v) is 12.0. The van der Waals surface area contributed by atoms with Crippen LogP contribution in [-0.4, -0.2) is 18.5 Å². The van der Waals surface area contributed by atoms with Crippen LogP contribution in [0.1, 0.15) is 43.1 Å². The molecule has 1 amide bonds. The number of hydrogen-bond donors (Lipinski definition) is 2. The Morgan fingerprint density at radius 1 is 1.25 bits per heavy atom. The van der Waals surface area contributed by atoms with Crippen LogP contribution in [0.4, 0.5) is 18.9 Å². The third-order valence-electron chi connectivity index (χ3n) is 3.19. The second-order valence-corrected chi connectivity index (χ2v) is 5.20. The molecule has 0 saturated carbocycles. The fourth-order valence-electron chi connectivity index (χ4n) is 1.61. The maximum atomic E-state index is 12.9. The molecule has 0 saturated heterocycles. The Bertz CT molecular complexity index is 496. The maximum absolute atomic E-state index is 12.9. The van der Waals surface area contributed by atoms with Crippen LogP contribution in [0.25, 0.3) is 0 Å². The van der Waals surface area contributed by atoms with Gasteiger partial charge in [0.1, 0.15) is 0 Å². The van der Waals surface area contributed by atoms with E-state index in [0.717, 1.165) is 6.07 Å². The van der Waals surface area contributed by atoms with E-state index in [1.54, 1.807) is 0 Å². The van der Waals surface area contributed by atoms with Crippen LogP contribution in [-0.2, 0) is 6.18 Å². The molecule has 0 aliphatic rings. The minimum absolute atomic E-state index is 0.00199.